The van der Waals surface area contributed by atoms with Gasteiger partial charge < -0.3 is 10.0 Å². The molecule has 0 aromatic heterocycles. The fourth-order valence-corrected chi connectivity index (χ4v) is 4.10. The molecular weight excluding hydrogens is 264 g/mol. The van der Waals surface area contributed by atoms with Gasteiger partial charge in [0.05, 0.1) is 5.37 Å². The van der Waals surface area contributed by atoms with E-state index in [1.807, 2.05) is 11.8 Å². The van der Waals surface area contributed by atoms with Crippen molar-refractivity contribution in [3.63, 3.8) is 0 Å². The molecule has 2 aliphatic heterocycles. The third-order valence-electron chi connectivity index (χ3n) is 3.90. The Morgan fingerprint density at radius 3 is 2.58 bits per heavy atom. The molecule has 2 rings (SSSR count). The summed E-state index contributed by atoms with van der Waals surface area (Å²) < 4.78 is 0. The van der Waals surface area contributed by atoms with E-state index in [-0.39, 0.29) is 16.8 Å². The number of carbonyl (C=O) groups excluding carboxylic acids is 1. The van der Waals surface area contributed by atoms with Crippen molar-refractivity contribution in [2.75, 3.05) is 18.8 Å². The van der Waals surface area contributed by atoms with Crippen LogP contribution in [0, 0.1) is 5.41 Å². The minimum Gasteiger partial charge on any atom is -0.480 e. The van der Waals surface area contributed by atoms with Crippen LogP contribution in [0.4, 0.5) is 4.79 Å². The first-order valence-electron chi connectivity index (χ1n) is 6.77. The summed E-state index contributed by atoms with van der Waals surface area (Å²) in [5.41, 5.74) is 0.142. The van der Waals surface area contributed by atoms with E-state index < -0.39 is 12.0 Å². The molecule has 0 aliphatic carbocycles. The fraction of sp³-hybridized carbons (Fsp3) is 0.846. The van der Waals surface area contributed by atoms with Gasteiger partial charge in [0.15, 0.2) is 0 Å². The lowest BCUT2D eigenvalue weighted by Crippen LogP contribution is -2.51. The van der Waals surface area contributed by atoms with Crippen molar-refractivity contribution in [3.05, 3.63) is 0 Å². The van der Waals surface area contributed by atoms with Crippen LogP contribution < -0.4 is 0 Å². The van der Waals surface area contributed by atoms with Gasteiger partial charge in [-0.15, -0.1) is 11.8 Å². The normalized spacial score (nSPS) is 29.8. The third-order valence-corrected chi connectivity index (χ3v) is 5.35. The summed E-state index contributed by atoms with van der Waals surface area (Å²) in [7, 11) is 0. The first kappa shape index (κ1) is 14.5. The SMILES string of the molecule is CCC1SCC(C(=O)O)N1C(=O)N1CCC(C)(C)C1. The number of hydrogen-bond donors (Lipinski definition) is 1. The van der Waals surface area contributed by atoms with Gasteiger partial charge in [-0.05, 0) is 18.3 Å². The minimum atomic E-state index is -0.893. The van der Waals surface area contributed by atoms with E-state index in [1.54, 1.807) is 16.7 Å². The smallest absolute Gasteiger partial charge is 0.327 e. The number of carbonyl (C=O) groups is 2. The minimum absolute atomic E-state index is 0.00249. The van der Waals surface area contributed by atoms with Crippen LogP contribution >= 0.6 is 11.8 Å². The average Bonchev–Trinajstić information content (AvgIpc) is 2.91. The Morgan fingerprint density at radius 1 is 1.42 bits per heavy atom. The summed E-state index contributed by atoms with van der Waals surface area (Å²) in [6.07, 6.45) is 1.77. The molecule has 0 saturated carbocycles. The summed E-state index contributed by atoms with van der Waals surface area (Å²) in [4.78, 5) is 27.3. The number of nitrogens with zero attached hydrogens (tertiary/aromatic N) is 2. The molecule has 2 fully saturated rings. The lowest BCUT2D eigenvalue weighted by atomic mass is 9.93. The molecule has 2 heterocycles. The zero-order chi connectivity index (χ0) is 14.2. The van der Waals surface area contributed by atoms with E-state index in [1.165, 1.54) is 0 Å². The van der Waals surface area contributed by atoms with Gasteiger partial charge in [-0.1, -0.05) is 20.8 Å². The summed E-state index contributed by atoms with van der Waals surface area (Å²) in [5, 5.41) is 9.26. The highest BCUT2D eigenvalue weighted by atomic mass is 32.2. The highest BCUT2D eigenvalue weighted by molar-refractivity contribution is 8.00. The first-order valence-corrected chi connectivity index (χ1v) is 7.82. The molecule has 19 heavy (non-hydrogen) atoms. The lowest BCUT2D eigenvalue weighted by Gasteiger charge is -2.31. The second-order valence-corrected chi connectivity index (χ2v) is 7.29. The van der Waals surface area contributed by atoms with Crippen molar-refractivity contribution in [3.8, 4) is 0 Å². The van der Waals surface area contributed by atoms with Crippen LogP contribution in [-0.4, -0.2) is 57.2 Å². The maximum Gasteiger partial charge on any atom is 0.327 e. The number of carboxylic acids is 1. The Balaban J connectivity index is 2.13. The van der Waals surface area contributed by atoms with Crippen LogP contribution in [0.3, 0.4) is 0 Å². The standard InChI is InChI=1S/C13H22N2O3S/c1-4-10-15(9(7-19-10)11(16)17)12(18)14-6-5-13(2,3)8-14/h9-10H,4-8H2,1-3H3,(H,16,17). The number of hydrogen-bond acceptors (Lipinski definition) is 3. The lowest BCUT2D eigenvalue weighted by molar-refractivity contribution is -0.141. The molecule has 0 bridgehead atoms. The Morgan fingerprint density at radius 2 is 2.11 bits per heavy atom. The molecule has 2 amide bonds. The van der Waals surface area contributed by atoms with Crippen LogP contribution in [0.5, 0.6) is 0 Å². The maximum atomic E-state index is 12.6. The van der Waals surface area contributed by atoms with E-state index in [4.69, 9.17) is 0 Å². The molecular formula is C13H22N2O3S. The van der Waals surface area contributed by atoms with Gasteiger partial charge in [0, 0.05) is 18.8 Å². The number of aliphatic carboxylic acids is 1. The highest BCUT2D eigenvalue weighted by Crippen LogP contribution is 2.35. The van der Waals surface area contributed by atoms with E-state index in [2.05, 4.69) is 13.8 Å². The topological polar surface area (TPSA) is 60.9 Å². The van der Waals surface area contributed by atoms with Crippen LogP contribution in [0.2, 0.25) is 0 Å². The van der Waals surface area contributed by atoms with Crippen molar-refractivity contribution in [2.24, 2.45) is 5.41 Å². The molecule has 0 spiro atoms. The van der Waals surface area contributed by atoms with Crippen LogP contribution in [0.25, 0.3) is 0 Å². The van der Waals surface area contributed by atoms with E-state index >= 15 is 0 Å². The molecule has 0 radical (unpaired) electrons. The van der Waals surface area contributed by atoms with Crippen molar-refractivity contribution >= 4 is 23.8 Å². The average molecular weight is 286 g/mol. The molecule has 5 nitrogen and oxygen atoms in total. The Hall–Kier alpha value is -0.910. The second-order valence-electron chi connectivity index (χ2n) is 6.08. The fourth-order valence-electron chi connectivity index (χ4n) is 2.76. The van der Waals surface area contributed by atoms with Gasteiger partial charge in [0.1, 0.15) is 6.04 Å². The third kappa shape index (κ3) is 2.83. The molecule has 0 aromatic rings. The van der Waals surface area contributed by atoms with Crippen LogP contribution in [0.1, 0.15) is 33.6 Å². The molecule has 2 saturated heterocycles. The number of amides is 2. The zero-order valence-electron chi connectivity index (χ0n) is 11.8. The summed E-state index contributed by atoms with van der Waals surface area (Å²) in [5.74, 6) is -0.396. The Kier molecular flexibility index (Phi) is 3.99. The second kappa shape index (κ2) is 5.23. The van der Waals surface area contributed by atoms with Gasteiger partial charge in [-0.2, -0.15) is 0 Å². The van der Waals surface area contributed by atoms with Gasteiger partial charge in [0.25, 0.3) is 0 Å². The number of carboxylic acid groups (broad SMARTS) is 1. The van der Waals surface area contributed by atoms with Crippen molar-refractivity contribution in [1.82, 2.24) is 9.80 Å². The molecule has 2 aliphatic rings. The predicted octanol–water partition coefficient (Wildman–Crippen LogP) is 2.08. The number of thioether (sulfide) groups is 1. The number of rotatable bonds is 2. The van der Waals surface area contributed by atoms with E-state index in [9.17, 15) is 14.7 Å². The zero-order valence-corrected chi connectivity index (χ0v) is 12.6. The molecule has 6 heteroatoms. The van der Waals surface area contributed by atoms with Crippen LogP contribution in [-0.2, 0) is 4.79 Å². The van der Waals surface area contributed by atoms with Crippen LogP contribution in [0.15, 0.2) is 0 Å². The predicted molar refractivity (Wildman–Crippen MR) is 75.2 cm³/mol. The molecule has 1 N–H and O–H groups in total. The summed E-state index contributed by atoms with van der Waals surface area (Å²) >= 11 is 1.57. The Labute approximate surface area is 118 Å². The monoisotopic (exact) mass is 286 g/mol. The summed E-state index contributed by atoms with van der Waals surface area (Å²) in [6, 6.07) is -0.777. The summed E-state index contributed by atoms with van der Waals surface area (Å²) in [6.45, 7) is 7.73. The number of likely N-dealkylation sites (tertiary alicyclic amines) is 1. The number of urea groups is 1. The maximum absolute atomic E-state index is 12.6. The largest absolute Gasteiger partial charge is 0.480 e. The van der Waals surface area contributed by atoms with Gasteiger partial charge in [-0.25, -0.2) is 9.59 Å². The molecule has 2 unspecified atom stereocenters. The van der Waals surface area contributed by atoms with E-state index in [0.717, 1.165) is 25.9 Å². The van der Waals surface area contributed by atoms with Gasteiger partial charge >= 0.3 is 12.0 Å². The van der Waals surface area contributed by atoms with Crippen molar-refractivity contribution in [2.45, 2.75) is 45.0 Å². The van der Waals surface area contributed by atoms with E-state index in [0.29, 0.717) is 5.75 Å². The van der Waals surface area contributed by atoms with Crippen molar-refractivity contribution in [1.29, 1.82) is 0 Å². The highest BCUT2D eigenvalue weighted by Gasteiger charge is 2.44. The molecule has 2 atom stereocenters. The van der Waals surface area contributed by atoms with Gasteiger partial charge in [0.2, 0.25) is 0 Å². The quantitative estimate of drug-likeness (QED) is 0.844. The molecule has 108 valence electrons. The Bertz CT molecular complexity index is 386. The van der Waals surface area contributed by atoms with Crippen molar-refractivity contribution < 1.29 is 14.7 Å². The first-order chi connectivity index (χ1) is 8.85. The molecule has 0 aromatic carbocycles. The van der Waals surface area contributed by atoms with Gasteiger partial charge in [-0.3, -0.25) is 4.90 Å².